The predicted molar refractivity (Wildman–Crippen MR) is 95.8 cm³/mol. The third kappa shape index (κ3) is 3.29. The molecular formula is C19H23N3O3. The van der Waals surface area contributed by atoms with Gasteiger partial charge in [-0.3, -0.25) is 14.2 Å². The molecular weight excluding hydrogens is 318 g/mol. The number of nitrogens with zero attached hydrogens (tertiary/aromatic N) is 2. The molecule has 0 radical (unpaired) electrons. The highest BCUT2D eigenvalue weighted by Gasteiger charge is 2.32. The summed E-state index contributed by atoms with van der Waals surface area (Å²) in [7, 11) is 1.37. The van der Waals surface area contributed by atoms with Gasteiger partial charge in [0.1, 0.15) is 5.56 Å². The van der Waals surface area contributed by atoms with Crippen molar-refractivity contribution < 1.29 is 4.79 Å². The standard InChI is InChI=1S/C19H23N3O3/c1-3-13-12-22(10-9-15(13)14-7-5-4-6-8-14)18(24)16-11-20-19(25)21(2)17(16)23/h4-8,11,13,15H,3,9-10,12H2,1-2H3,(H,20,25)/t13-,15-/m1/s1. The highest BCUT2D eigenvalue weighted by molar-refractivity contribution is 5.93. The topological polar surface area (TPSA) is 75.2 Å². The predicted octanol–water partition coefficient (Wildman–Crippen LogP) is 1.73. The number of hydrogen-bond acceptors (Lipinski definition) is 3. The van der Waals surface area contributed by atoms with Gasteiger partial charge in [-0.05, 0) is 23.8 Å². The number of likely N-dealkylation sites (tertiary alicyclic amines) is 1. The van der Waals surface area contributed by atoms with Gasteiger partial charge in [0.05, 0.1) is 0 Å². The van der Waals surface area contributed by atoms with Crippen LogP contribution in [0.15, 0.2) is 46.1 Å². The minimum atomic E-state index is -0.549. The molecule has 2 atom stereocenters. The average Bonchev–Trinajstić information content (AvgIpc) is 2.66. The van der Waals surface area contributed by atoms with Crippen molar-refractivity contribution in [2.75, 3.05) is 13.1 Å². The summed E-state index contributed by atoms with van der Waals surface area (Å²) in [6, 6.07) is 10.4. The van der Waals surface area contributed by atoms with E-state index in [0.29, 0.717) is 24.9 Å². The number of carbonyl (C=O) groups excluding carboxylic acids is 1. The summed E-state index contributed by atoms with van der Waals surface area (Å²) in [5.74, 6) is 0.474. The zero-order valence-corrected chi connectivity index (χ0v) is 14.6. The first kappa shape index (κ1) is 17.2. The Hall–Kier alpha value is -2.63. The van der Waals surface area contributed by atoms with Crippen molar-refractivity contribution in [1.29, 1.82) is 0 Å². The molecule has 1 fully saturated rings. The van der Waals surface area contributed by atoms with Crippen LogP contribution in [0, 0.1) is 5.92 Å². The number of hydrogen-bond donors (Lipinski definition) is 1. The molecule has 3 rings (SSSR count). The van der Waals surface area contributed by atoms with Crippen LogP contribution in [-0.2, 0) is 7.05 Å². The number of H-pyrrole nitrogens is 1. The van der Waals surface area contributed by atoms with Crippen molar-refractivity contribution in [3.8, 4) is 0 Å². The van der Waals surface area contributed by atoms with E-state index in [-0.39, 0.29) is 11.5 Å². The number of carbonyl (C=O) groups is 1. The molecule has 1 aromatic carbocycles. The van der Waals surface area contributed by atoms with E-state index in [1.165, 1.54) is 18.8 Å². The van der Waals surface area contributed by atoms with Crippen LogP contribution in [0.25, 0.3) is 0 Å². The van der Waals surface area contributed by atoms with Crippen molar-refractivity contribution in [3.63, 3.8) is 0 Å². The third-order valence-corrected chi connectivity index (χ3v) is 5.18. The van der Waals surface area contributed by atoms with Crippen LogP contribution < -0.4 is 11.2 Å². The number of amides is 1. The Kier molecular flexibility index (Phi) is 4.88. The molecule has 0 spiro atoms. The van der Waals surface area contributed by atoms with Crippen LogP contribution in [0.1, 0.15) is 41.6 Å². The number of aromatic amines is 1. The van der Waals surface area contributed by atoms with E-state index in [2.05, 4.69) is 24.0 Å². The Bertz CT molecular complexity index is 869. The summed E-state index contributed by atoms with van der Waals surface area (Å²) in [5, 5.41) is 0. The van der Waals surface area contributed by atoms with Gasteiger partial charge in [0, 0.05) is 26.3 Å². The number of benzene rings is 1. The lowest BCUT2D eigenvalue weighted by molar-refractivity contribution is 0.0642. The second-order valence-electron chi connectivity index (χ2n) is 6.60. The maximum Gasteiger partial charge on any atom is 0.328 e. The molecule has 2 aromatic rings. The van der Waals surface area contributed by atoms with Gasteiger partial charge < -0.3 is 9.88 Å². The van der Waals surface area contributed by atoms with E-state index in [1.54, 1.807) is 4.90 Å². The molecule has 1 N–H and O–H groups in total. The molecule has 2 heterocycles. The van der Waals surface area contributed by atoms with E-state index in [0.717, 1.165) is 17.4 Å². The van der Waals surface area contributed by atoms with Crippen molar-refractivity contribution in [2.45, 2.75) is 25.7 Å². The Morgan fingerprint density at radius 1 is 1.24 bits per heavy atom. The highest BCUT2D eigenvalue weighted by atomic mass is 16.2. The Labute approximate surface area is 146 Å². The first-order valence-electron chi connectivity index (χ1n) is 8.65. The van der Waals surface area contributed by atoms with Crippen LogP contribution in [0.4, 0.5) is 0 Å². The number of piperidine rings is 1. The summed E-state index contributed by atoms with van der Waals surface area (Å²) in [6.45, 7) is 3.36. The van der Waals surface area contributed by atoms with Crippen molar-refractivity contribution in [3.05, 3.63) is 68.5 Å². The van der Waals surface area contributed by atoms with Crippen molar-refractivity contribution >= 4 is 5.91 Å². The zero-order chi connectivity index (χ0) is 18.0. The van der Waals surface area contributed by atoms with Crippen molar-refractivity contribution in [1.82, 2.24) is 14.5 Å². The number of aromatic nitrogens is 2. The zero-order valence-electron chi connectivity index (χ0n) is 14.6. The van der Waals surface area contributed by atoms with E-state index >= 15 is 0 Å². The maximum atomic E-state index is 12.8. The maximum absolute atomic E-state index is 12.8. The molecule has 0 unspecified atom stereocenters. The third-order valence-electron chi connectivity index (χ3n) is 5.18. The van der Waals surface area contributed by atoms with Crippen LogP contribution in [0.5, 0.6) is 0 Å². The Balaban J connectivity index is 1.82. The monoisotopic (exact) mass is 341 g/mol. The molecule has 0 saturated carbocycles. The smallest absolute Gasteiger partial charge is 0.328 e. The Morgan fingerprint density at radius 2 is 1.96 bits per heavy atom. The number of rotatable bonds is 3. The molecule has 132 valence electrons. The fourth-order valence-electron chi connectivity index (χ4n) is 3.66. The summed E-state index contributed by atoms with van der Waals surface area (Å²) < 4.78 is 0.932. The van der Waals surface area contributed by atoms with E-state index in [4.69, 9.17) is 0 Å². The van der Waals surface area contributed by atoms with Gasteiger partial charge in [-0.1, -0.05) is 43.7 Å². The van der Waals surface area contributed by atoms with Gasteiger partial charge >= 0.3 is 5.69 Å². The molecule has 0 bridgehead atoms. The van der Waals surface area contributed by atoms with Gasteiger partial charge in [0.2, 0.25) is 0 Å². The lowest BCUT2D eigenvalue weighted by Crippen LogP contribution is -2.46. The first-order chi connectivity index (χ1) is 12.0. The summed E-state index contributed by atoms with van der Waals surface area (Å²) in [5.41, 5.74) is 0.263. The van der Waals surface area contributed by atoms with Gasteiger partial charge in [-0.25, -0.2) is 4.79 Å². The van der Waals surface area contributed by atoms with Crippen LogP contribution in [-0.4, -0.2) is 33.4 Å². The van der Waals surface area contributed by atoms with Crippen LogP contribution in [0.3, 0.4) is 0 Å². The molecule has 25 heavy (non-hydrogen) atoms. The molecule has 1 aliphatic rings. The first-order valence-corrected chi connectivity index (χ1v) is 8.65. The minimum absolute atomic E-state index is 0.0233. The summed E-state index contributed by atoms with van der Waals surface area (Å²) >= 11 is 0. The summed E-state index contributed by atoms with van der Waals surface area (Å²) in [4.78, 5) is 40.6. The lowest BCUT2D eigenvalue weighted by atomic mass is 9.79. The molecule has 1 amide bonds. The van der Waals surface area contributed by atoms with Gasteiger partial charge in [0.25, 0.3) is 11.5 Å². The second-order valence-corrected chi connectivity index (χ2v) is 6.60. The van der Waals surface area contributed by atoms with Gasteiger partial charge in [-0.15, -0.1) is 0 Å². The van der Waals surface area contributed by atoms with Crippen LogP contribution in [0.2, 0.25) is 0 Å². The molecule has 1 saturated heterocycles. The fourth-order valence-corrected chi connectivity index (χ4v) is 3.66. The molecule has 6 nitrogen and oxygen atoms in total. The van der Waals surface area contributed by atoms with E-state index in [9.17, 15) is 14.4 Å². The molecule has 1 aliphatic heterocycles. The quantitative estimate of drug-likeness (QED) is 0.924. The molecule has 1 aromatic heterocycles. The van der Waals surface area contributed by atoms with Crippen LogP contribution >= 0.6 is 0 Å². The van der Waals surface area contributed by atoms with E-state index in [1.807, 2.05) is 18.2 Å². The molecule has 6 heteroatoms. The SMILES string of the molecule is CC[C@@H]1CN(C(=O)c2c[nH]c(=O)n(C)c2=O)CC[C@H]1c1ccccc1. The van der Waals surface area contributed by atoms with Crippen molar-refractivity contribution in [2.24, 2.45) is 13.0 Å². The largest absolute Gasteiger partial charge is 0.338 e. The van der Waals surface area contributed by atoms with E-state index < -0.39 is 11.2 Å². The second kappa shape index (κ2) is 7.09. The normalized spacial score (nSPS) is 20.5. The lowest BCUT2D eigenvalue weighted by Gasteiger charge is -2.38. The van der Waals surface area contributed by atoms with Gasteiger partial charge in [-0.2, -0.15) is 0 Å². The number of nitrogens with one attached hydrogen (secondary N) is 1. The summed E-state index contributed by atoms with van der Waals surface area (Å²) in [6.07, 6.45) is 3.07. The highest BCUT2D eigenvalue weighted by Crippen LogP contribution is 2.35. The fraction of sp³-hybridized carbons (Fsp3) is 0.421. The average molecular weight is 341 g/mol. The minimum Gasteiger partial charge on any atom is -0.338 e. The van der Waals surface area contributed by atoms with Gasteiger partial charge in [0.15, 0.2) is 0 Å². The Morgan fingerprint density at radius 3 is 2.64 bits per heavy atom. The molecule has 0 aliphatic carbocycles.